The molecule has 0 saturated carbocycles. The average Bonchev–Trinajstić information content (AvgIpc) is 2.86. The Hall–Kier alpha value is -0.980. The molecule has 0 aromatic carbocycles. The molecule has 6 heteroatoms. The molecule has 0 amide bonds. The molecule has 1 aromatic rings. The summed E-state index contributed by atoms with van der Waals surface area (Å²) in [5.41, 5.74) is 1.14. The van der Waals surface area contributed by atoms with Crippen LogP contribution >= 0.6 is 0 Å². The highest BCUT2D eigenvalue weighted by Gasteiger charge is 2.15. The molecule has 1 aromatic heterocycles. The van der Waals surface area contributed by atoms with Gasteiger partial charge in [-0.05, 0) is 19.4 Å². The van der Waals surface area contributed by atoms with Gasteiger partial charge in [-0.2, -0.15) is 0 Å². The van der Waals surface area contributed by atoms with Crippen LogP contribution in [0.4, 0.5) is 0 Å². The van der Waals surface area contributed by atoms with Crippen molar-refractivity contribution >= 4 is 0 Å². The molecule has 0 fully saturated rings. The monoisotopic (exact) mass is 270 g/mol. The molecule has 1 unspecified atom stereocenters. The van der Waals surface area contributed by atoms with E-state index in [0.717, 1.165) is 31.6 Å². The second-order valence-electron chi connectivity index (χ2n) is 4.39. The molecule has 19 heavy (non-hydrogen) atoms. The van der Waals surface area contributed by atoms with E-state index in [2.05, 4.69) is 29.5 Å². The molecule has 1 rings (SSSR count). The van der Waals surface area contributed by atoms with Gasteiger partial charge in [0, 0.05) is 20.3 Å². The Labute approximate surface area is 115 Å². The molecule has 6 nitrogen and oxygen atoms in total. The SMILES string of the molecule is CCCn1nncc1C(CCOCCOC)NCC. The minimum Gasteiger partial charge on any atom is -0.382 e. The Bertz CT molecular complexity index is 330. The molecule has 0 radical (unpaired) electrons. The van der Waals surface area contributed by atoms with Gasteiger partial charge in [0.25, 0.3) is 0 Å². The van der Waals surface area contributed by atoms with E-state index in [9.17, 15) is 0 Å². The molecule has 1 atom stereocenters. The Kier molecular flexibility index (Phi) is 8.36. The van der Waals surface area contributed by atoms with Crippen molar-refractivity contribution in [2.75, 3.05) is 33.5 Å². The van der Waals surface area contributed by atoms with Crippen LogP contribution < -0.4 is 5.32 Å². The van der Waals surface area contributed by atoms with Gasteiger partial charge in [0.2, 0.25) is 0 Å². The van der Waals surface area contributed by atoms with Crippen LogP contribution in [0.2, 0.25) is 0 Å². The maximum absolute atomic E-state index is 5.53. The standard InChI is InChI=1S/C13H26N4O2/c1-4-7-17-13(11-15-16-17)12(14-5-2)6-8-19-10-9-18-3/h11-12,14H,4-10H2,1-3H3. The predicted molar refractivity (Wildman–Crippen MR) is 74.0 cm³/mol. The quantitative estimate of drug-likeness (QED) is 0.616. The van der Waals surface area contributed by atoms with Gasteiger partial charge < -0.3 is 14.8 Å². The van der Waals surface area contributed by atoms with E-state index in [1.54, 1.807) is 7.11 Å². The summed E-state index contributed by atoms with van der Waals surface area (Å²) in [7, 11) is 1.68. The molecule has 110 valence electrons. The van der Waals surface area contributed by atoms with E-state index in [-0.39, 0.29) is 6.04 Å². The van der Waals surface area contributed by atoms with E-state index in [0.29, 0.717) is 19.8 Å². The molecule has 0 bridgehead atoms. The summed E-state index contributed by atoms with van der Waals surface area (Å²) in [5, 5.41) is 11.6. The van der Waals surface area contributed by atoms with Crippen molar-refractivity contribution in [3.05, 3.63) is 11.9 Å². The van der Waals surface area contributed by atoms with Crippen LogP contribution in [0.3, 0.4) is 0 Å². The number of aromatic nitrogens is 3. The summed E-state index contributed by atoms with van der Waals surface area (Å²) in [6, 6.07) is 0.245. The second-order valence-corrected chi connectivity index (χ2v) is 4.39. The van der Waals surface area contributed by atoms with Crippen LogP contribution in [-0.2, 0) is 16.0 Å². The fraction of sp³-hybridized carbons (Fsp3) is 0.846. The van der Waals surface area contributed by atoms with Crippen molar-refractivity contribution in [2.45, 2.75) is 39.3 Å². The average molecular weight is 270 g/mol. The van der Waals surface area contributed by atoms with E-state index < -0.39 is 0 Å². The van der Waals surface area contributed by atoms with Gasteiger partial charge in [-0.25, -0.2) is 4.68 Å². The van der Waals surface area contributed by atoms with E-state index in [1.165, 1.54) is 0 Å². The highest BCUT2D eigenvalue weighted by molar-refractivity contribution is 5.02. The smallest absolute Gasteiger partial charge is 0.0757 e. The van der Waals surface area contributed by atoms with Crippen LogP contribution in [0, 0.1) is 0 Å². The number of nitrogens with one attached hydrogen (secondary N) is 1. The lowest BCUT2D eigenvalue weighted by atomic mass is 10.1. The summed E-state index contributed by atoms with van der Waals surface area (Å²) >= 11 is 0. The van der Waals surface area contributed by atoms with E-state index in [1.807, 2.05) is 10.9 Å². The fourth-order valence-electron chi connectivity index (χ4n) is 1.97. The Balaban J connectivity index is 2.48. The molecule has 0 aliphatic carbocycles. The first-order valence-corrected chi connectivity index (χ1v) is 7.01. The van der Waals surface area contributed by atoms with Crippen LogP contribution in [0.15, 0.2) is 6.20 Å². The third-order valence-corrected chi connectivity index (χ3v) is 2.87. The molecular formula is C13H26N4O2. The second kappa shape index (κ2) is 9.89. The lowest BCUT2D eigenvalue weighted by molar-refractivity contribution is 0.0654. The highest BCUT2D eigenvalue weighted by atomic mass is 16.5. The van der Waals surface area contributed by atoms with Crippen LogP contribution in [-0.4, -0.2) is 48.5 Å². The van der Waals surface area contributed by atoms with Crippen molar-refractivity contribution in [2.24, 2.45) is 0 Å². The van der Waals surface area contributed by atoms with E-state index in [4.69, 9.17) is 9.47 Å². The number of aryl methyl sites for hydroxylation is 1. The van der Waals surface area contributed by atoms with Crippen LogP contribution in [0.1, 0.15) is 38.4 Å². The fourth-order valence-corrected chi connectivity index (χ4v) is 1.97. The van der Waals surface area contributed by atoms with Gasteiger partial charge in [0.1, 0.15) is 0 Å². The number of methoxy groups -OCH3 is 1. The summed E-state index contributed by atoms with van der Waals surface area (Å²) in [6.45, 7) is 8.05. The highest BCUT2D eigenvalue weighted by Crippen LogP contribution is 2.15. The molecular weight excluding hydrogens is 244 g/mol. The summed E-state index contributed by atoms with van der Waals surface area (Å²) in [5.74, 6) is 0. The Morgan fingerprint density at radius 3 is 2.84 bits per heavy atom. The van der Waals surface area contributed by atoms with E-state index >= 15 is 0 Å². The Morgan fingerprint density at radius 1 is 1.32 bits per heavy atom. The third-order valence-electron chi connectivity index (χ3n) is 2.87. The summed E-state index contributed by atoms with van der Waals surface area (Å²) in [4.78, 5) is 0. The summed E-state index contributed by atoms with van der Waals surface area (Å²) < 4.78 is 12.5. The van der Waals surface area contributed by atoms with Crippen LogP contribution in [0.5, 0.6) is 0 Å². The largest absolute Gasteiger partial charge is 0.382 e. The molecule has 1 N–H and O–H groups in total. The van der Waals surface area contributed by atoms with Gasteiger partial charge in [0.15, 0.2) is 0 Å². The first kappa shape index (κ1) is 16.1. The molecule has 0 spiro atoms. The molecule has 1 heterocycles. The number of ether oxygens (including phenoxy) is 2. The lowest BCUT2D eigenvalue weighted by Crippen LogP contribution is -2.25. The van der Waals surface area contributed by atoms with Crippen molar-refractivity contribution in [1.29, 1.82) is 0 Å². The first-order valence-electron chi connectivity index (χ1n) is 7.01. The van der Waals surface area contributed by atoms with Crippen molar-refractivity contribution in [3.8, 4) is 0 Å². The van der Waals surface area contributed by atoms with Gasteiger partial charge >= 0.3 is 0 Å². The Morgan fingerprint density at radius 2 is 2.16 bits per heavy atom. The minimum atomic E-state index is 0.245. The van der Waals surface area contributed by atoms with Crippen molar-refractivity contribution in [3.63, 3.8) is 0 Å². The lowest BCUT2D eigenvalue weighted by Gasteiger charge is -2.18. The topological polar surface area (TPSA) is 61.2 Å². The van der Waals surface area contributed by atoms with Crippen LogP contribution in [0.25, 0.3) is 0 Å². The van der Waals surface area contributed by atoms with Gasteiger partial charge in [-0.1, -0.05) is 19.1 Å². The molecule has 0 saturated heterocycles. The first-order chi connectivity index (χ1) is 9.33. The third kappa shape index (κ3) is 5.67. The summed E-state index contributed by atoms with van der Waals surface area (Å²) in [6.07, 6.45) is 3.81. The molecule has 0 aliphatic rings. The maximum Gasteiger partial charge on any atom is 0.0757 e. The predicted octanol–water partition coefficient (Wildman–Crippen LogP) is 1.39. The number of hydrogen-bond acceptors (Lipinski definition) is 5. The zero-order valence-corrected chi connectivity index (χ0v) is 12.3. The number of hydrogen-bond donors (Lipinski definition) is 1. The van der Waals surface area contributed by atoms with Gasteiger partial charge in [-0.15, -0.1) is 5.10 Å². The van der Waals surface area contributed by atoms with Crippen molar-refractivity contribution < 1.29 is 9.47 Å². The number of rotatable bonds is 11. The van der Waals surface area contributed by atoms with Crippen molar-refractivity contribution in [1.82, 2.24) is 20.3 Å². The minimum absolute atomic E-state index is 0.245. The normalized spacial score (nSPS) is 12.8. The van der Waals surface area contributed by atoms with Gasteiger partial charge in [-0.3, -0.25) is 0 Å². The zero-order chi connectivity index (χ0) is 13.9. The molecule has 0 aliphatic heterocycles. The number of nitrogens with zero attached hydrogens (tertiary/aromatic N) is 3. The zero-order valence-electron chi connectivity index (χ0n) is 12.3. The maximum atomic E-state index is 5.53. The van der Waals surface area contributed by atoms with Gasteiger partial charge in [0.05, 0.1) is 31.1 Å².